The highest BCUT2D eigenvalue weighted by Gasteiger charge is 2.09. The summed E-state index contributed by atoms with van der Waals surface area (Å²) in [5.41, 5.74) is 7.05. The van der Waals surface area contributed by atoms with E-state index in [9.17, 15) is 4.79 Å². The van der Waals surface area contributed by atoms with Crippen LogP contribution in [0.1, 0.15) is 32.6 Å². The van der Waals surface area contributed by atoms with E-state index < -0.39 is 0 Å². The van der Waals surface area contributed by atoms with E-state index in [2.05, 4.69) is 44.1 Å². The Labute approximate surface area is 118 Å². The molecule has 1 amide bonds. The van der Waals surface area contributed by atoms with Gasteiger partial charge in [-0.25, -0.2) is 0 Å². The third-order valence-corrected chi connectivity index (χ3v) is 3.44. The third kappa shape index (κ3) is 4.68. The molecule has 17 heavy (non-hydrogen) atoms. The number of carbonyl (C=O) groups is 1. The van der Waals surface area contributed by atoms with Crippen LogP contribution in [-0.2, 0) is 4.79 Å². The van der Waals surface area contributed by atoms with Gasteiger partial charge in [-0.1, -0.05) is 35.7 Å². The van der Waals surface area contributed by atoms with Gasteiger partial charge in [-0.05, 0) is 34.5 Å². The molecule has 1 rings (SSSR count). The van der Waals surface area contributed by atoms with Gasteiger partial charge in [-0.3, -0.25) is 4.79 Å². The molecular weight excluding hydrogens is 348 g/mol. The predicted octanol–water partition coefficient (Wildman–Crippen LogP) is 4.31. The molecular formula is C12H16Br2N2O. The summed E-state index contributed by atoms with van der Waals surface area (Å²) in [6.07, 6.45) is 3.63. The fourth-order valence-electron chi connectivity index (χ4n) is 1.46. The lowest BCUT2D eigenvalue weighted by Gasteiger charge is -2.10. The minimum atomic E-state index is 0.00757. The fraction of sp³-hybridized carbons (Fsp3) is 0.417. The molecule has 0 unspecified atom stereocenters. The summed E-state index contributed by atoms with van der Waals surface area (Å²) < 4.78 is 1.67. The van der Waals surface area contributed by atoms with Gasteiger partial charge in [0.25, 0.3) is 0 Å². The maximum Gasteiger partial charge on any atom is 0.224 e. The number of hydrogen-bond donors (Lipinski definition) is 2. The average Bonchev–Trinajstić information content (AvgIpc) is 2.24. The van der Waals surface area contributed by atoms with Gasteiger partial charge in [0.1, 0.15) is 0 Å². The van der Waals surface area contributed by atoms with E-state index in [1.807, 2.05) is 6.07 Å². The van der Waals surface area contributed by atoms with Crippen LogP contribution in [0.5, 0.6) is 0 Å². The molecule has 0 bridgehead atoms. The second-order valence-corrected chi connectivity index (χ2v) is 5.63. The first kappa shape index (κ1) is 14.5. The van der Waals surface area contributed by atoms with Crippen molar-refractivity contribution in [1.82, 2.24) is 0 Å². The number of nitrogens with two attached hydrogens (primary N) is 1. The predicted molar refractivity (Wildman–Crippen MR) is 79.0 cm³/mol. The van der Waals surface area contributed by atoms with Crippen LogP contribution >= 0.6 is 31.9 Å². The molecule has 0 aliphatic carbocycles. The summed E-state index contributed by atoms with van der Waals surface area (Å²) in [6.45, 7) is 2.11. The summed E-state index contributed by atoms with van der Waals surface area (Å²) in [5, 5.41) is 2.83. The number of amides is 1. The first-order valence-corrected chi connectivity index (χ1v) is 7.17. The Hall–Kier alpha value is -0.550. The molecule has 0 saturated carbocycles. The van der Waals surface area contributed by atoms with Gasteiger partial charge in [0.05, 0.1) is 11.4 Å². The minimum absolute atomic E-state index is 0.00757. The second kappa shape index (κ2) is 7.01. The third-order valence-electron chi connectivity index (χ3n) is 2.36. The molecule has 1 aromatic carbocycles. The summed E-state index contributed by atoms with van der Waals surface area (Å²) in [6, 6.07) is 3.63. The molecule has 0 spiro atoms. The highest BCUT2D eigenvalue weighted by molar-refractivity contribution is 9.11. The van der Waals surface area contributed by atoms with E-state index in [0.29, 0.717) is 17.8 Å². The van der Waals surface area contributed by atoms with Gasteiger partial charge in [0.2, 0.25) is 5.91 Å². The molecule has 0 aromatic heterocycles. The van der Waals surface area contributed by atoms with Crippen LogP contribution in [0.15, 0.2) is 21.1 Å². The zero-order valence-corrected chi connectivity index (χ0v) is 12.9. The smallest absolute Gasteiger partial charge is 0.224 e. The van der Waals surface area contributed by atoms with Gasteiger partial charge in [-0.2, -0.15) is 0 Å². The van der Waals surface area contributed by atoms with E-state index in [0.717, 1.165) is 28.2 Å². The maximum absolute atomic E-state index is 11.7. The van der Waals surface area contributed by atoms with Gasteiger partial charge in [0.15, 0.2) is 0 Å². The van der Waals surface area contributed by atoms with Crippen LogP contribution in [-0.4, -0.2) is 5.91 Å². The van der Waals surface area contributed by atoms with Crippen molar-refractivity contribution in [2.45, 2.75) is 32.6 Å². The lowest BCUT2D eigenvalue weighted by molar-refractivity contribution is -0.116. The monoisotopic (exact) mass is 362 g/mol. The highest BCUT2D eigenvalue weighted by atomic mass is 79.9. The Morgan fingerprint density at radius 3 is 2.65 bits per heavy atom. The number of anilines is 2. The Kier molecular flexibility index (Phi) is 5.98. The first-order chi connectivity index (χ1) is 8.04. The van der Waals surface area contributed by atoms with Gasteiger partial charge < -0.3 is 11.1 Å². The SMILES string of the molecule is CCCCCC(=O)Nc1c(N)cc(Br)cc1Br. The molecule has 3 N–H and O–H groups in total. The summed E-state index contributed by atoms with van der Waals surface area (Å²) in [7, 11) is 0. The minimum Gasteiger partial charge on any atom is -0.397 e. The fourth-order valence-corrected chi connectivity index (χ4v) is 2.82. The Morgan fingerprint density at radius 2 is 2.06 bits per heavy atom. The number of nitrogens with one attached hydrogen (secondary N) is 1. The van der Waals surface area contributed by atoms with Crippen LogP contribution in [0.25, 0.3) is 0 Å². The zero-order chi connectivity index (χ0) is 12.8. The number of rotatable bonds is 5. The molecule has 0 heterocycles. The van der Waals surface area contributed by atoms with Crippen molar-refractivity contribution >= 4 is 49.1 Å². The van der Waals surface area contributed by atoms with Crippen molar-refractivity contribution in [3.05, 3.63) is 21.1 Å². The van der Waals surface area contributed by atoms with Crippen LogP contribution in [0.4, 0.5) is 11.4 Å². The molecule has 3 nitrogen and oxygen atoms in total. The largest absolute Gasteiger partial charge is 0.397 e. The van der Waals surface area contributed by atoms with Gasteiger partial charge >= 0.3 is 0 Å². The Balaban J connectivity index is 2.65. The normalized spacial score (nSPS) is 10.3. The number of carbonyl (C=O) groups excluding carboxylic acids is 1. The van der Waals surface area contributed by atoms with Crippen LogP contribution < -0.4 is 11.1 Å². The van der Waals surface area contributed by atoms with Gasteiger partial charge in [-0.15, -0.1) is 0 Å². The molecule has 1 aromatic rings. The van der Waals surface area contributed by atoms with Crippen molar-refractivity contribution in [1.29, 1.82) is 0 Å². The second-order valence-electron chi connectivity index (χ2n) is 3.86. The van der Waals surface area contributed by atoms with E-state index >= 15 is 0 Å². The van der Waals surface area contributed by atoms with E-state index in [1.165, 1.54) is 0 Å². The lowest BCUT2D eigenvalue weighted by atomic mass is 10.2. The summed E-state index contributed by atoms with van der Waals surface area (Å²) in [4.78, 5) is 11.7. The number of benzene rings is 1. The maximum atomic E-state index is 11.7. The van der Waals surface area contributed by atoms with Crippen molar-refractivity contribution in [2.75, 3.05) is 11.1 Å². The Bertz CT molecular complexity index is 384. The lowest BCUT2D eigenvalue weighted by Crippen LogP contribution is -2.13. The van der Waals surface area contributed by atoms with E-state index in [-0.39, 0.29) is 5.91 Å². The summed E-state index contributed by atoms with van der Waals surface area (Å²) in [5.74, 6) is 0.00757. The number of nitrogen functional groups attached to an aromatic ring is 1. The summed E-state index contributed by atoms with van der Waals surface area (Å²) >= 11 is 6.73. The molecule has 5 heteroatoms. The van der Waals surface area contributed by atoms with Crippen LogP contribution in [0.2, 0.25) is 0 Å². The molecule has 0 fully saturated rings. The molecule has 0 radical (unpaired) electrons. The van der Waals surface area contributed by atoms with E-state index in [1.54, 1.807) is 6.07 Å². The van der Waals surface area contributed by atoms with Crippen molar-refractivity contribution in [3.8, 4) is 0 Å². The molecule has 0 aliphatic heterocycles. The highest BCUT2D eigenvalue weighted by Crippen LogP contribution is 2.32. The van der Waals surface area contributed by atoms with Crippen LogP contribution in [0, 0.1) is 0 Å². The zero-order valence-electron chi connectivity index (χ0n) is 9.72. The van der Waals surface area contributed by atoms with Crippen LogP contribution in [0.3, 0.4) is 0 Å². The number of halogens is 2. The van der Waals surface area contributed by atoms with Crippen molar-refractivity contribution in [2.24, 2.45) is 0 Å². The Morgan fingerprint density at radius 1 is 1.35 bits per heavy atom. The van der Waals surface area contributed by atoms with Crippen molar-refractivity contribution < 1.29 is 4.79 Å². The number of unbranched alkanes of at least 4 members (excludes halogenated alkanes) is 2. The standard InChI is InChI=1S/C12H16Br2N2O/c1-2-3-4-5-11(17)16-12-9(14)6-8(13)7-10(12)15/h6-7H,2-5,15H2,1H3,(H,16,17). The number of hydrogen-bond acceptors (Lipinski definition) is 2. The van der Waals surface area contributed by atoms with E-state index in [4.69, 9.17) is 5.73 Å². The molecule has 0 aliphatic rings. The first-order valence-electron chi connectivity index (χ1n) is 5.59. The average molecular weight is 364 g/mol. The molecule has 94 valence electrons. The quantitative estimate of drug-likeness (QED) is 0.604. The van der Waals surface area contributed by atoms with Gasteiger partial charge in [0, 0.05) is 15.4 Å². The molecule has 0 atom stereocenters. The molecule has 0 saturated heterocycles. The van der Waals surface area contributed by atoms with Crippen molar-refractivity contribution in [3.63, 3.8) is 0 Å². The topological polar surface area (TPSA) is 55.1 Å².